The number of hydrogen-bond acceptors (Lipinski definition) is 3. The molecule has 0 saturated heterocycles. The van der Waals surface area contributed by atoms with Crippen LogP contribution in [0.25, 0.3) is 0 Å². The van der Waals surface area contributed by atoms with Crippen molar-refractivity contribution in [2.24, 2.45) is 0 Å². The van der Waals surface area contributed by atoms with Crippen LogP contribution in [0.5, 0.6) is 5.75 Å². The van der Waals surface area contributed by atoms with Gasteiger partial charge in [0.25, 0.3) is 0 Å². The van der Waals surface area contributed by atoms with Crippen molar-refractivity contribution in [2.45, 2.75) is 13.3 Å². The molecule has 4 heteroatoms. The van der Waals surface area contributed by atoms with Crippen molar-refractivity contribution >= 4 is 5.97 Å². The van der Waals surface area contributed by atoms with Crippen molar-refractivity contribution in [3.05, 3.63) is 53.0 Å². The highest BCUT2D eigenvalue weighted by atomic mass is 16.5. The summed E-state index contributed by atoms with van der Waals surface area (Å²) < 4.78 is 10.5. The first-order chi connectivity index (χ1) is 8.60. The normalized spacial score (nSPS) is 10.3. The molecule has 0 atom stereocenters. The Labute approximate surface area is 105 Å². The first-order valence-electron chi connectivity index (χ1n) is 5.55. The van der Waals surface area contributed by atoms with E-state index in [1.165, 1.54) is 6.07 Å². The summed E-state index contributed by atoms with van der Waals surface area (Å²) in [4.78, 5) is 10.7. The van der Waals surface area contributed by atoms with Gasteiger partial charge in [-0.3, -0.25) is 0 Å². The van der Waals surface area contributed by atoms with Gasteiger partial charge in [0, 0.05) is 12.0 Å². The first-order valence-corrected chi connectivity index (χ1v) is 5.55. The second-order valence-electron chi connectivity index (χ2n) is 4.06. The van der Waals surface area contributed by atoms with Crippen LogP contribution in [0.1, 0.15) is 27.4 Å². The molecular weight excluding hydrogens is 232 g/mol. The summed E-state index contributed by atoms with van der Waals surface area (Å²) in [5.74, 6) is 0.277. The van der Waals surface area contributed by atoms with Crippen LogP contribution >= 0.6 is 0 Å². The molecule has 0 aliphatic rings. The lowest BCUT2D eigenvalue weighted by atomic mass is 10.1. The monoisotopic (exact) mass is 246 g/mol. The van der Waals surface area contributed by atoms with Crippen LogP contribution in [0.3, 0.4) is 0 Å². The molecule has 1 heterocycles. The highest BCUT2D eigenvalue weighted by molar-refractivity contribution is 5.84. The van der Waals surface area contributed by atoms with E-state index in [0.29, 0.717) is 12.2 Å². The van der Waals surface area contributed by atoms with Gasteiger partial charge in [0.15, 0.2) is 0 Å². The second-order valence-corrected chi connectivity index (χ2v) is 4.06. The molecule has 0 bridgehead atoms. The van der Waals surface area contributed by atoms with E-state index in [1.807, 2.05) is 25.1 Å². The molecule has 1 aromatic carbocycles. The Hall–Kier alpha value is -2.23. The zero-order chi connectivity index (χ0) is 13.1. The van der Waals surface area contributed by atoms with Gasteiger partial charge in [0.1, 0.15) is 11.5 Å². The fraction of sp³-hybridized carbons (Fsp3) is 0.214. The number of carboxylic acids is 1. The SMILES string of the molecule is COc1ccc(C)cc1Cc1ccc(C(=O)O)o1. The second kappa shape index (κ2) is 4.96. The van der Waals surface area contributed by atoms with Crippen LogP contribution in [0.4, 0.5) is 0 Å². The van der Waals surface area contributed by atoms with Gasteiger partial charge in [-0.05, 0) is 25.1 Å². The Morgan fingerprint density at radius 2 is 2.11 bits per heavy atom. The van der Waals surface area contributed by atoms with Gasteiger partial charge in [0.2, 0.25) is 5.76 Å². The average molecular weight is 246 g/mol. The molecule has 2 rings (SSSR count). The number of benzene rings is 1. The summed E-state index contributed by atoms with van der Waals surface area (Å²) >= 11 is 0. The Balaban J connectivity index is 2.27. The minimum atomic E-state index is -1.06. The molecule has 0 aliphatic carbocycles. The first kappa shape index (κ1) is 12.2. The molecular formula is C14H14O4. The van der Waals surface area contributed by atoms with Crippen LogP contribution in [-0.2, 0) is 6.42 Å². The maximum Gasteiger partial charge on any atom is 0.371 e. The predicted molar refractivity (Wildman–Crippen MR) is 66.2 cm³/mol. The summed E-state index contributed by atoms with van der Waals surface area (Å²) in [5.41, 5.74) is 2.10. The minimum absolute atomic E-state index is 0.0448. The summed E-state index contributed by atoms with van der Waals surface area (Å²) in [7, 11) is 1.61. The lowest BCUT2D eigenvalue weighted by molar-refractivity contribution is 0.0660. The van der Waals surface area contributed by atoms with Gasteiger partial charge < -0.3 is 14.3 Å². The summed E-state index contributed by atoms with van der Waals surface area (Å²) in [6, 6.07) is 8.99. The number of rotatable bonds is 4. The quantitative estimate of drug-likeness (QED) is 0.901. The lowest BCUT2D eigenvalue weighted by Crippen LogP contribution is -1.94. The Morgan fingerprint density at radius 3 is 2.72 bits per heavy atom. The van der Waals surface area contributed by atoms with Crippen LogP contribution in [0, 0.1) is 6.92 Å². The third-order valence-corrected chi connectivity index (χ3v) is 2.67. The number of aromatic carboxylic acids is 1. The van der Waals surface area contributed by atoms with Crippen molar-refractivity contribution in [3.63, 3.8) is 0 Å². The molecule has 0 amide bonds. The minimum Gasteiger partial charge on any atom is -0.496 e. The Kier molecular flexibility index (Phi) is 3.37. The number of carboxylic acid groups (broad SMARTS) is 1. The van der Waals surface area contributed by atoms with Crippen LogP contribution in [-0.4, -0.2) is 18.2 Å². The topological polar surface area (TPSA) is 59.7 Å². The molecule has 0 aliphatic heterocycles. The number of ether oxygens (including phenoxy) is 1. The van der Waals surface area contributed by atoms with Crippen LogP contribution in [0.15, 0.2) is 34.7 Å². The number of carbonyl (C=O) groups is 1. The van der Waals surface area contributed by atoms with E-state index in [9.17, 15) is 4.79 Å². The molecule has 1 N–H and O–H groups in total. The van der Waals surface area contributed by atoms with Crippen molar-refractivity contribution in [3.8, 4) is 5.75 Å². The molecule has 2 aromatic rings. The van der Waals surface area contributed by atoms with E-state index in [0.717, 1.165) is 16.9 Å². The van der Waals surface area contributed by atoms with E-state index >= 15 is 0 Å². The van der Waals surface area contributed by atoms with Gasteiger partial charge in [0.05, 0.1) is 7.11 Å². The Bertz CT molecular complexity index is 569. The molecule has 94 valence electrons. The predicted octanol–water partition coefficient (Wildman–Crippen LogP) is 2.89. The summed E-state index contributed by atoms with van der Waals surface area (Å²) in [6.07, 6.45) is 0.512. The summed E-state index contributed by atoms with van der Waals surface area (Å²) in [5, 5.41) is 8.79. The third kappa shape index (κ3) is 2.53. The fourth-order valence-electron chi connectivity index (χ4n) is 1.82. The molecule has 0 saturated carbocycles. The van der Waals surface area contributed by atoms with E-state index in [1.54, 1.807) is 13.2 Å². The average Bonchev–Trinajstić information content (AvgIpc) is 2.78. The molecule has 1 aromatic heterocycles. The van der Waals surface area contributed by atoms with Crippen molar-refractivity contribution in [2.75, 3.05) is 7.11 Å². The van der Waals surface area contributed by atoms with Gasteiger partial charge in [-0.2, -0.15) is 0 Å². The van der Waals surface area contributed by atoms with Crippen molar-refractivity contribution in [1.29, 1.82) is 0 Å². The smallest absolute Gasteiger partial charge is 0.371 e. The van der Waals surface area contributed by atoms with E-state index in [2.05, 4.69) is 0 Å². The fourth-order valence-corrected chi connectivity index (χ4v) is 1.82. The number of hydrogen-bond donors (Lipinski definition) is 1. The van der Waals surface area contributed by atoms with E-state index < -0.39 is 5.97 Å². The summed E-state index contributed by atoms with van der Waals surface area (Å²) in [6.45, 7) is 1.99. The van der Waals surface area contributed by atoms with Gasteiger partial charge in [-0.1, -0.05) is 17.7 Å². The molecule has 18 heavy (non-hydrogen) atoms. The highest BCUT2D eigenvalue weighted by Crippen LogP contribution is 2.23. The van der Waals surface area contributed by atoms with Crippen LogP contribution < -0.4 is 4.74 Å². The lowest BCUT2D eigenvalue weighted by Gasteiger charge is -2.08. The molecule has 0 unspecified atom stereocenters. The Morgan fingerprint density at radius 1 is 1.33 bits per heavy atom. The molecule has 0 spiro atoms. The van der Waals surface area contributed by atoms with Gasteiger partial charge >= 0.3 is 5.97 Å². The van der Waals surface area contributed by atoms with Gasteiger partial charge in [-0.25, -0.2) is 4.79 Å². The number of furan rings is 1. The van der Waals surface area contributed by atoms with Crippen LogP contribution in [0.2, 0.25) is 0 Å². The van der Waals surface area contributed by atoms with E-state index in [4.69, 9.17) is 14.3 Å². The standard InChI is InChI=1S/C14H14O4/c1-9-3-5-12(17-2)10(7-9)8-11-4-6-13(18-11)14(15)16/h3-7H,8H2,1-2H3,(H,15,16). The largest absolute Gasteiger partial charge is 0.496 e. The van der Waals surface area contributed by atoms with E-state index in [-0.39, 0.29) is 5.76 Å². The number of methoxy groups -OCH3 is 1. The molecule has 0 fully saturated rings. The third-order valence-electron chi connectivity index (χ3n) is 2.67. The molecule has 4 nitrogen and oxygen atoms in total. The molecule has 0 radical (unpaired) electrons. The zero-order valence-corrected chi connectivity index (χ0v) is 10.3. The highest BCUT2D eigenvalue weighted by Gasteiger charge is 2.11. The maximum absolute atomic E-state index is 10.7. The van der Waals surface area contributed by atoms with Crippen molar-refractivity contribution < 1.29 is 19.1 Å². The zero-order valence-electron chi connectivity index (χ0n) is 10.3. The maximum atomic E-state index is 10.7. The number of aryl methyl sites for hydroxylation is 1. The van der Waals surface area contributed by atoms with Gasteiger partial charge in [-0.15, -0.1) is 0 Å². The van der Waals surface area contributed by atoms with Crippen molar-refractivity contribution in [1.82, 2.24) is 0 Å².